The van der Waals surface area contributed by atoms with E-state index in [4.69, 9.17) is 0 Å². The Morgan fingerprint density at radius 2 is 1.64 bits per heavy atom. The maximum Gasteiger partial charge on any atom is 0.255 e. The van der Waals surface area contributed by atoms with Crippen molar-refractivity contribution in [2.24, 2.45) is 0 Å². The first-order valence-electron chi connectivity index (χ1n) is 9.99. The Morgan fingerprint density at radius 3 is 2.39 bits per heavy atom. The van der Waals surface area contributed by atoms with Gasteiger partial charge in [0.05, 0.1) is 0 Å². The van der Waals surface area contributed by atoms with Gasteiger partial charge in [-0.25, -0.2) is 0 Å². The number of hydrogen-bond donors (Lipinski definition) is 1. The van der Waals surface area contributed by atoms with E-state index in [1.165, 1.54) is 24.1 Å². The van der Waals surface area contributed by atoms with Crippen molar-refractivity contribution in [1.82, 2.24) is 0 Å². The van der Waals surface area contributed by atoms with E-state index in [1.807, 2.05) is 48.5 Å². The molecule has 0 unspecified atom stereocenters. The first-order valence-corrected chi connectivity index (χ1v) is 9.99. The second kappa shape index (κ2) is 8.30. The van der Waals surface area contributed by atoms with Gasteiger partial charge in [-0.15, -0.1) is 0 Å². The number of carbonyl (C=O) groups is 1. The fourth-order valence-corrected chi connectivity index (χ4v) is 3.86. The highest BCUT2D eigenvalue weighted by Crippen LogP contribution is 2.26. The highest BCUT2D eigenvalue weighted by Gasteiger charge is 2.15. The number of rotatable bonds is 5. The van der Waals surface area contributed by atoms with Gasteiger partial charge in [0.15, 0.2) is 0 Å². The average molecular weight is 370 g/mol. The third kappa shape index (κ3) is 4.09. The van der Waals surface area contributed by atoms with Gasteiger partial charge in [-0.3, -0.25) is 4.79 Å². The van der Waals surface area contributed by atoms with Crippen LogP contribution in [0.2, 0.25) is 0 Å². The standard InChI is InChI=1S/C25H26N2O/c1-19-17-22(27-15-7-8-16-27)13-14-24(19)26-25(28)23-12-6-5-11-21(23)18-20-9-3-2-4-10-20/h2-6,9-14,17H,7-8,15-16,18H2,1H3,(H,26,28). The second-order valence-electron chi connectivity index (χ2n) is 7.47. The molecule has 3 aromatic rings. The Balaban J connectivity index is 1.52. The van der Waals surface area contributed by atoms with Gasteiger partial charge in [0.25, 0.3) is 5.91 Å². The van der Waals surface area contributed by atoms with Crippen LogP contribution in [0.4, 0.5) is 11.4 Å². The summed E-state index contributed by atoms with van der Waals surface area (Å²) in [7, 11) is 0. The topological polar surface area (TPSA) is 32.3 Å². The molecule has 28 heavy (non-hydrogen) atoms. The zero-order valence-electron chi connectivity index (χ0n) is 16.3. The van der Waals surface area contributed by atoms with E-state index < -0.39 is 0 Å². The molecule has 0 aliphatic carbocycles. The molecule has 1 aliphatic rings. The minimum absolute atomic E-state index is 0.0523. The highest BCUT2D eigenvalue weighted by atomic mass is 16.1. The molecule has 0 spiro atoms. The van der Waals surface area contributed by atoms with Crippen molar-refractivity contribution in [3.63, 3.8) is 0 Å². The lowest BCUT2D eigenvalue weighted by Gasteiger charge is -2.19. The van der Waals surface area contributed by atoms with Crippen molar-refractivity contribution in [2.75, 3.05) is 23.3 Å². The molecule has 0 aromatic heterocycles. The summed E-state index contributed by atoms with van der Waals surface area (Å²) in [5.74, 6) is -0.0523. The summed E-state index contributed by atoms with van der Waals surface area (Å²) in [4.78, 5) is 15.4. The van der Waals surface area contributed by atoms with Crippen LogP contribution in [0.15, 0.2) is 72.8 Å². The van der Waals surface area contributed by atoms with Crippen LogP contribution in [0.1, 0.15) is 39.9 Å². The normalized spacial score (nSPS) is 13.5. The van der Waals surface area contributed by atoms with Crippen LogP contribution in [0.5, 0.6) is 0 Å². The summed E-state index contributed by atoms with van der Waals surface area (Å²) in [6.45, 7) is 4.31. The van der Waals surface area contributed by atoms with Gasteiger partial charge >= 0.3 is 0 Å². The first kappa shape index (κ1) is 18.3. The predicted octanol–water partition coefficient (Wildman–Crippen LogP) is 5.44. The van der Waals surface area contributed by atoms with Crippen LogP contribution < -0.4 is 10.2 Å². The Morgan fingerprint density at radius 1 is 0.929 bits per heavy atom. The van der Waals surface area contributed by atoms with Crippen LogP contribution in [0, 0.1) is 6.92 Å². The van der Waals surface area contributed by atoms with E-state index in [-0.39, 0.29) is 5.91 Å². The third-order valence-corrected chi connectivity index (χ3v) is 5.43. The average Bonchev–Trinajstić information content (AvgIpc) is 3.25. The van der Waals surface area contributed by atoms with Crippen LogP contribution in [-0.2, 0) is 6.42 Å². The van der Waals surface area contributed by atoms with Crippen molar-refractivity contribution in [3.8, 4) is 0 Å². The molecule has 0 bridgehead atoms. The molecule has 0 saturated carbocycles. The Hall–Kier alpha value is -3.07. The van der Waals surface area contributed by atoms with E-state index in [1.54, 1.807) is 0 Å². The molecule has 3 heteroatoms. The number of nitrogens with one attached hydrogen (secondary N) is 1. The fraction of sp³-hybridized carbons (Fsp3) is 0.240. The van der Waals surface area contributed by atoms with E-state index in [9.17, 15) is 4.79 Å². The molecule has 3 nitrogen and oxygen atoms in total. The third-order valence-electron chi connectivity index (χ3n) is 5.43. The number of aryl methyl sites for hydroxylation is 1. The molecule has 1 N–H and O–H groups in total. The smallest absolute Gasteiger partial charge is 0.255 e. The van der Waals surface area contributed by atoms with E-state index >= 15 is 0 Å². The molecule has 1 aliphatic heterocycles. The van der Waals surface area contributed by atoms with Crippen LogP contribution in [0.25, 0.3) is 0 Å². The summed E-state index contributed by atoms with van der Waals surface area (Å²) in [5, 5.41) is 3.11. The minimum atomic E-state index is -0.0523. The van der Waals surface area contributed by atoms with Crippen LogP contribution in [0.3, 0.4) is 0 Å². The van der Waals surface area contributed by atoms with Crippen molar-refractivity contribution in [2.45, 2.75) is 26.2 Å². The summed E-state index contributed by atoms with van der Waals surface area (Å²) in [5.41, 5.74) is 6.19. The van der Waals surface area contributed by atoms with Crippen molar-refractivity contribution < 1.29 is 4.79 Å². The van der Waals surface area contributed by atoms with Gasteiger partial charge in [-0.1, -0.05) is 48.5 Å². The van der Waals surface area contributed by atoms with Crippen molar-refractivity contribution in [3.05, 3.63) is 95.1 Å². The van der Waals surface area contributed by atoms with Gasteiger partial charge in [-0.05, 0) is 67.1 Å². The van der Waals surface area contributed by atoms with E-state index in [0.717, 1.165) is 41.9 Å². The maximum absolute atomic E-state index is 13.0. The molecular formula is C25H26N2O. The zero-order chi connectivity index (χ0) is 19.3. The quantitative estimate of drug-likeness (QED) is 0.649. The highest BCUT2D eigenvalue weighted by molar-refractivity contribution is 6.05. The molecule has 1 saturated heterocycles. The van der Waals surface area contributed by atoms with Gasteiger partial charge in [0.2, 0.25) is 0 Å². The molecule has 1 fully saturated rings. The Bertz CT molecular complexity index is 959. The van der Waals surface area contributed by atoms with E-state index in [0.29, 0.717) is 0 Å². The Kier molecular flexibility index (Phi) is 5.43. The molecule has 1 heterocycles. The number of hydrogen-bond acceptors (Lipinski definition) is 2. The SMILES string of the molecule is Cc1cc(N2CCCC2)ccc1NC(=O)c1ccccc1Cc1ccccc1. The summed E-state index contributed by atoms with van der Waals surface area (Å²) >= 11 is 0. The number of benzene rings is 3. The van der Waals surface area contributed by atoms with Crippen molar-refractivity contribution >= 4 is 17.3 Å². The number of anilines is 2. The lowest BCUT2D eigenvalue weighted by molar-refractivity contribution is 0.102. The summed E-state index contributed by atoms with van der Waals surface area (Å²) < 4.78 is 0. The largest absolute Gasteiger partial charge is 0.372 e. The second-order valence-corrected chi connectivity index (χ2v) is 7.47. The van der Waals surface area contributed by atoms with Crippen molar-refractivity contribution in [1.29, 1.82) is 0 Å². The molecule has 4 rings (SSSR count). The van der Waals surface area contributed by atoms with Gasteiger partial charge in [0.1, 0.15) is 0 Å². The summed E-state index contributed by atoms with van der Waals surface area (Å²) in [6.07, 6.45) is 3.27. The van der Waals surface area contributed by atoms with Gasteiger partial charge in [0, 0.05) is 30.0 Å². The molecule has 0 atom stereocenters. The molecular weight excluding hydrogens is 344 g/mol. The predicted molar refractivity (Wildman–Crippen MR) is 116 cm³/mol. The van der Waals surface area contributed by atoms with Crippen LogP contribution >= 0.6 is 0 Å². The molecule has 1 amide bonds. The number of amides is 1. The number of nitrogens with zero attached hydrogens (tertiary/aromatic N) is 1. The lowest BCUT2D eigenvalue weighted by Crippen LogP contribution is -2.18. The molecule has 142 valence electrons. The zero-order valence-corrected chi connectivity index (χ0v) is 16.3. The fourth-order valence-electron chi connectivity index (χ4n) is 3.86. The molecule has 3 aromatic carbocycles. The molecule has 0 radical (unpaired) electrons. The lowest BCUT2D eigenvalue weighted by atomic mass is 9.99. The van der Waals surface area contributed by atoms with E-state index in [2.05, 4.69) is 41.4 Å². The minimum Gasteiger partial charge on any atom is -0.372 e. The first-order chi connectivity index (χ1) is 13.7. The summed E-state index contributed by atoms with van der Waals surface area (Å²) in [6, 6.07) is 24.4. The monoisotopic (exact) mass is 370 g/mol. The van der Waals surface area contributed by atoms with Gasteiger partial charge in [-0.2, -0.15) is 0 Å². The number of carbonyl (C=O) groups excluding carboxylic acids is 1. The van der Waals surface area contributed by atoms with Gasteiger partial charge < -0.3 is 10.2 Å². The maximum atomic E-state index is 13.0. The Labute approximate surface area is 167 Å². The van der Waals surface area contributed by atoms with Crippen LogP contribution in [-0.4, -0.2) is 19.0 Å².